The van der Waals surface area contributed by atoms with Crippen LogP contribution in [0.15, 0.2) is 18.2 Å². The Kier molecular flexibility index (Phi) is 2.58. The van der Waals surface area contributed by atoms with Crippen molar-refractivity contribution in [3.05, 3.63) is 33.9 Å². The average molecular weight is 207 g/mol. The number of nitro groups is 1. The van der Waals surface area contributed by atoms with Crippen molar-refractivity contribution in [3.8, 4) is 5.75 Å². The lowest BCUT2D eigenvalue weighted by atomic mass is 10.1. The molecule has 15 heavy (non-hydrogen) atoms. The molecule has 0 unspecified atom stereocenters. The second kappa shape index (κ2) is 3.88. The summed E-state index contributed by atoms with van der Waals surface area (Å²) in [5.74, 6) is 1.26. The Morgan fingerprint density at radius 2 is 2.27 bits per heavy atom. The van der Waals surface area contributed by atoms with Crippen LogP contribution in [0.1, 0.15) is 31.2 Å². The zero-order chi connectivity index (χ0) is 10.8. The van der Waals surface area contributed by atoms with Gasteiger partial charge in [-0.25, -0.2) is 0 Å². The van der Waals surface area contributed by atoms with Crippen LogP contribution in [0.5, 0.6) is 5.75 Å². The van der Waals surface area contributed by atoms with Gasteiger partial charge in [0.25, 0.3) is 5.69 Å². The molecule has 0 spiro atoms. The standard InChI is InChI=1S/C11H13NO3/c1-2-15-11-6-5-9(12(13)14)7-10(11)8-3-4-8/h5-8H,2-4H2,1H3. The van der Waals surface area contributed by atoms with Crippen LogP contribution < -0.4 is 4.74 Å². The second-order valence-corrected chi connectivity index (χ2v) is 3.69. The van der Waals surface area contributed by atoms with E-state index in [0.717, 1.165) is 24.2 Å². The van der Waals surface area contributed by atoms with Crippen LogP contribution in [0, 0.1) is 10.1 Å². The van der Waals surface area contributed by atoms with E-state index in [4.69, 9.17) is 4.74 Å². The molecule has 1 aliphatic carbocycles. The quantitative estimate of drug-likeness (QED) is 0.563. The lowest BCUT2D eigenvalue weighted by Crippen LogP contribution is -1.97. The van der Waals surface area contributed by atoms with Crippen LogP contribution in [0.25, 0.3) is 0 Å². The lowest BCUT2D eigenvalue weighted by Gasteiger charge is -2.08. The number of nitrogens with zero attached hydrogens (tertiary/aromatic N) is 1. The number of nitro benzene ring substituents is 1. The first-order chi connectivity index (χ1) is 7.22. The summed E-state index contributed by atoms with van der Waals surface area (Å²) in [7, 11) is 0. The Labute approximate surface area is 88.0 Å². The van der Waals surface area contributed by atoms with Gasteiger partial charge in [0.15, 0.2) is 0 Å². The Morgan fingerprint density at radius 3 is 2.80 bits per heavy atom. The molecule has 0 amide bonds. The van der Waals surface area contributed by atoms with Crippen molar-refractivity contribution in [2.45, 2.75) is 25.7 Å². The summed E-state index contributed by atoms with van der Waals surface area (Å²) in [6.45, 7) is 2.51. The molecule has 1 aromatic carbocycles. The molecule has 0 atom stereocenters. The SMILES string of the molecule is CCOc1ccc([N+](=O)[O-])cc1C1CC1. The van der Waals surface area contributed by atoms with Gasteiger partial charge in [0, 0.05) is 17.7 Å². The van der Waals surface area contributed by atoms with Crippen molar-refractivity contribution in [1.82, 2.24) is 0 Å². The number of ether oxygens (including phenoxy) is 1. The van der Waals surface area contributed by atoms with E-state index in [9.17, 15) is 10.1 Å². The topological polar surface area (TPSA) is 52.4 Å². The third-order valence-electron chi connectivity index (χ3n) is 2.52. The van der Waals surface area contributed by atoms with Crippen molar-refractivity contribution < 1.29 is 9.66 Å². The van der Waals surface area contributed by atoms with Crippen LogP contribution in [-0.2, 0) is 0 Å². The van der Waals surface area contributed by atoms with Crippen LogP contribution in [0.3, 0.4) is 0 Å². The summed E-state index contributed by atoms with van der Waals surface area (Å²) in [5, 5.41) is 10.6. The molecule has 1 saturated carbocycles. The number of benzene rings is 1. The zero-order valence-electron chi connectivity index (χ0n) is 8.60. The van der Waals surface area contributed by atoms with Crippen molar-refractivity contribution in [3.63, 3.8) is 0 Å². The van der Waals surface area contributed by atoms with Gasteiger partial charge < -0.3 is 4.74 Å². The van der Waals surface area contributed by atoms with E-state index in [1.807, 2.05) is 6.92 Å². The zero-order valence-corrected chi connectivity index (χ0v) is 8.60. The van der Waals surface area contributed by atoms with Crippen LogP contribution in [0.2, 0.25) is 0 Å². The number of rotatable bonds is 4. The van der Waals surface area contributed by atoms with E-state index in [1.54, 1.807) is 12.1 Å². The molecule has 80 valence electrons. The van der Waals surface area contributed by atoms with Gasteiger partial charge in [0.2, 0.25) is 0 Å². The monoisotopic (exact) mass is 207 g/mol. The highest BCUT2D eigenvalue weighted by Gasteiger charge is 2.28. The molecular formula is C11H13NO3. The van der Waals surface area contributed by atoms with E-state index < -0.39 is 0 Å². The van der Waals surface area contributed by atoms with Crippen molar-refractivity contribution >= 4 is 5.69 Å². The number of hydrogen-bond acceptors (Lipinski definition) is 3. The molecule has 0 N–H and O–H groups in total. The molecule has 4 heteroatoms. The molecule has 1 aromatic rings. The molecule has 0 heterocycles. The Morgan fingerprint density at radius 1 is 1.53 bits per heavy atom. The van der Waals surface area contributed by atoms with Crippen molar-refractivity contribution in [1.29, 1.82) is 0 Å². The maximum Gasteiger partial charge on any atom is 0.269 e. The van der Waals surface area contributed by atoms with E-state index >= 15 is 0 Å². The predicted octanol–water partition coefficient (Wildman–Crippen LogP) is 2.87. The molecule has 0 aliphatic heterocycles. The van der Waals surface area contributed by atoms with Crippen molar-refractivity contribution in [2.75, 3.05) is 6.61 Å². The summed E-state index contributed by atoms with van der Waals surface area (Å²) in [6, 6.07) is 4.84. The van der Waals surface area contributed by atoms with Gasteiger partial charge in [-0.05, 0) is 31.7 Å². The fourth-order valence-electron chi connectivity index (χ4n) is 1.65. The van der Waals surface area contributed by atoms with Crippen molar-refractivity contribution in [2.24, 2.45) is 0 Å². The summed E-state index contributed by atoms with van der Waals surface area (Å²) in [5.41, 5.74) is 1.14. The highest BCUT2D eigenvalue weighted by Crippen LogP contribution is 2.45. The summed E-state index contributed by atoms with van der Waals surface area (Å²) < 4.78 is 5.45. The Bertz CT molecular complexity index is 385. The molecule has 0 bridgehead atoms. The van der Waals surface area contributed by atoms with Crippen LogP contribution in [-0.4, -0.2) is 11.5 Å². The molecule has 2 rings (SSSR count). The van der Waals surface area contributed by atoms with Gasteiger partial charge in [0.1, 0.15) is 5.75 Å². The third-order valence-corrected chi connectivity index (χ3v) is 2.52. The average Bonchev–Trinajstić information content (AvgIpc) is 3.02. The van der Waals surface area contributed by atoms with Gasteiger partial charge in [-0.2, -0.15) is 0 Å². The molecule has 0 aromatic heterocycles. The van der Waals surface area contributed by atoms with Crippen LogP contribution in [0.4, 0.5) is 5.69 Å². The third kappa shape index (κ3) is 2.09. The van der Waals surface area contributed by atoms with Gasteiger partial charge in [-0.15, -0.1) is 0 Å². The van der Waals surface area contributed by atoms with E-state index in [2.05, 4.69) is 0 Å². The van der Waals surface area contributed by atoms with E-state index in [-0.39, 0.29) is 10.6 Å². The second-order valence-electron chi connectivity index (χ2n) is 3.69. The fourth-order valence-corrected chi connectivity index (χ4v) is 1.65. The maximum atomic E-state index is 10.6. The first-order valence-electron chi connectivity index (χ1n) is 5.13. The highest BCUT2D eigenvalue weighted by molar-refractivity contribution is 5.47. The highest BCUT2D eigenvalue weighted by atomic mass is 16.6. The van der Waals surface area contributed by atoms with Gasteiger partial charge in [-0.3, -0.25) is 10.1 Å². The van der Waals surface area contributed by atoms with Crippen LogP contribution >= 0.6 is 0 Å². The van der Waals surface area contributed by atoms with E-state index in [0.29, 0.717) is 12.5 Å². The smallest absolute Gasteiger partial charge is 0.269 e. The Balaban J connectivity index is 2.35. The number of non-ortho nitro benzene ring substituents is 1. The summed E-state index contributed by atoms with van der Waals surface area (Å²) in [4.78, 5) is 10.3. The predicted molar refractivity (Wildman–Crippen MR) is 56.2 cm³/mol. The normalized spacial score (nSPS) is 15.0. The fraction of sp³-hybridized carbons (Fsp3) is 0.455. The van der Waals surface area contributed by atoms with Gasteiger partial charge >= 0.3 is 0 Å². The maximum absolute atomic E-state index is 10.6. The minimum absolute atomic E-state index is 0.153. The molecule has 1 aliphatic rings. The molecular weight excluding hydrogens is 194 g/mol. The minimum Gasteiger partial charge on any atom is -0.494 e. The molecule has 4 nitrogen and oxygen atoms in total. The summed E-state index contributed by atoms with van der Waals surface area (Å²) in [6.07, 6.45) is 2.22. The largest absolute Gasteiger partial charge is 0.494 e. The first kappa shape index (κ1) is 9.96. The molecule has 1 fully saturated rings. The Hall–Kier alpha value is -1.58. The summed E-state index contributed by atoms with van der Waals surface area (Å²) >= 11 is 0. The number of hydrogen-bond donors (Lipinski definition) is 0. The van der Waals surface area contributed by atoms with E-state index in [1.165, 1.54) is 6.07 Å². The minimum atomic E-state index is -0.360. The van der Waals surface area contributed by atoms with Gasteiger partial charge in [0.05, 0.1) is 11.5 Å². The molecule has 0 radical (unpaired) electrons. The lowest BCUT2D eigenvalue weighted by molar-refractivity contribution is -0.384. The van der Waals surface area contributed by atoms with Gasteiger partial charge in [-0.1, -0.05) is 0 Å². The molecule has 0 saturated heterocycles. The first-order valence-corrected chi connectivity index (χ1v) is 5.13.